The van der Waals surface area contributed by atoms with Gasteiger partial charge in [-0.05, 0) is 34.7 Å². The summed E-state index contributed by atoms with van der Waals surface area (Å²) in [6, 6.07) is 22.5. The zero-order valence-electron chi connectivity index (χ0n) is 19.8. The molecule has 0 aliphatic heterocycles. The summed E-state index contributed by atoms with van der Waals surface area (Å²) in [5.74, 6) is 0.0758. The zero-order valence-corrected chi connectivity index (χ0v) is 21.3. The van der Waals surface area contributed by atoms with Crippen LogP contribution >= 0.6 is 23.4 Å². The third-order valence-electron chi connectivity index (χ3n) is 5.45. The molecule has 0 spiro atoms. The number of carbonyl (C=O) groups excluding carboxylic acids is 1. The van der Waals surface area contributed by atoms with Gasteiger partial charge in [0.1, 0.15) is 5.82 Å². The fourth-order valence-electron chi connectivity index (χ4n) is 3.54. The fraction of sp³-hybridized carbons (Fsp3) is 0.222. The van der Waals surface area contributed by atoms with Crippen LogP contribution in [0.25, 0.3) is 11.4 Å². The van der Waals surface area contributed by atoms with E-state index in [0.29, 0.717) is 17.4 Å². The van der Waals surface area contributed by atoms with Crippen molar-refractivity contribution in [3.63, 3.8) is 0 Å². The minimum atomic E-state index is -0.531. The van der Waals surface area contributed by atoms with E-state index in [2.05, 4.69) is 60.6 Å². The normalized spacial score (nSPS) is 11.5. The highest BCUT2D eigenvalue weighted by Crippen LogP contribution is 2.29. The van der Waals surface area contributed by atoms with Crippen LogP contribution in [0.5, 0.6) is 0 Å². The van der Waals surface area contributed by atoms with Gasteiger partial charge in [-0.2, -0.15) is 0 Å². The Morgan fingerprint density at radius 1 is 1.03 bits per heavy atom. The highest BCUT2D eigenvalue weighted by molar-refractivity contribution is 7.99. The molecule has 35 heavy (non-hydrogen) atoms. The number of thioether (sulfide) groups is 1. The van der Waals surface area contributed by atoms with E-state index < -0.39 is 5.82 Å². The number of hydrogen-bond donors (Lipinski definition) is 1. The SMILES string of the molecule is CC(C)(C)c1ccc(-c2nnc(SCC(=O)Nc3ccc(F)c(Cl)c3)n2Cc2ccccc2)cc1. The van der Waals surface area contributed by atoms with Crippen LogP contribution in [-0.4, -0.2) is 26.4 Å². The predicted molar refractivity (Wildman–Crippen MR) is 140 cm³/mol. The van der Waals surface area contributed by atoms with Crippen LogP contribution in [0.1, 0.15) is 31.9 Å². The van der Waals surface area contributed by atoms with Gasteiger partial charge < -0.3 is 5.32 Å². The molecule has 1 aromatic heterocycles. The van der Waals surface area contributed by atoms with Gasteiger partial charge >= 0.3 is 0 Å². The lowest BCUT2D eigenvalue weighted by atomic mass is 9.87. The van der Waals surface area contributed by atoms with Gasteiger partial charge in [-0.3, -0.25) is 9.36 Å². The van der Waals surface area contributed by atoms with E-state index >= 15 is 0 Å². The first-order valence-electron chi connectivity index (χ1n) is 11.2. The molecular weight excluding hydrogens is 483 g/mol. The summed E-state index contributed by atoms with van der Waals surface area (Å²) in [5.41, 5.74) is 3.79. The van der Waals surface area contributed by atoms with Gasteiger partial charge in [-0.15, -0.1) is 10.2 Å². The Kier molecular flexibility index (Phi) is 7.57. The lowest BCUT2D eigenvalue weighted by Crippen LogP contribution is -2.15. The van der Waals surface area contributed by atoms with Gasteiger partial charge in [0.25, 0.3) is 0 Å². The van der Waals surface area contributed by atoms with E-state index in [-0.39, 0.29) is 22.1 Å². The molecule has 3 aromatic carbocycles. The number of nitrogens with zero attached hydrogens (tertiary/aromatic N) is 3. The molecule has 0 radical (unpaired) electrons. The monoisotopic (exact) mass is 508 g/mol. The van der Waals surface area contributed by atoms with Crippen LogP contribution in [0.2, 0.25) is 5.02 Å². The van der Waals surface area contributed by atoms with Crippen molar-refractivity contribution in [1.82, 2.24) is 14.8 Å². The molecule has 4 aromatic rings. The summed E-state index contributed by atoms with van der Waals surface area (Å²) in [6.45, 7) is 7.11. The summed E-state index contributed by atoms with van der Waals surface area (Å²) in [7, 11) is 0. The van der Waals surface area contributed by atoms with Crippen LogP contribution in [0, 0.1) is 5.82 Å². The van der Waals surface area contributed by atoms with E-state index in [1.54, 1.807) is 0 Å². The Labute approximate surface area is 213 Å². The summed E-state index contributed by atoms with van der Waals surface area (Å²) >= 11 is 7.10. The Hall–Kier alpha value is -3.16. The van der Waals surface area contributed by atoms with Crippen LogP contribution in [0.3, 0.4) is 0 Å². The highest BCUT2D eigenvalue weighted by atomic mass is 35.5. The molecule has 0 unspecified atom stereocenters. The quantitative estimate of drug-likeness (QED) is 0.278. The molecular formula is C27H26ClFN4OS. The zero-order chi connectivity index (χ0) is 25.0. The van der Waals surface area contributed by atoms with Gasteiger partial charge in [-0.25, -0.2) is 4.39 Å². The Bertz CT molecular complexity index is 1320. The number of carbonyl (C=O) groups is 1. The average Bonchev–Trinajstić information content (AvgIpc) is 3.22. The molecule has 8 heteroatoms. The van der Waals surface area contributed by atoms with Gasteiger partial charge in [-0.1, -0.05) is 98.7 Å². The van der Waals surface area contributed by atoms with Crippen molar-refractivity contribution >= 4 is 35.0 Å². The Morgan fingerprint density at radius 2 is 1.74 bits per heavy atom. The fourth-order valence-corrected chi connectivity index (χ4v) is 4.46. The molecule has 1 N–H and O–H groups in total. The topological polar surface area (TPSA) is 59.8 Å². The van der Waals surface area contributed by atoms with Crippen molar-refractivity contribution in [1.29, 1.82) is 0 Å². The molecule has 1 heterocycles. The highest BCUT2D eigenvalue weighted by Gasteiger charge is 2.18. The number of halogens is 2. The number of nitrogens with one attached hydrogen (secondary N) is 1. The Morgan fingerprint density at radius 3 is 2.40 bits per heavy atom. The van der Waals surface area contributed by atoms with Crippen LogP contribution in [0.15, 0.2) is 78.0 Å². The molecule has 180 valence electrons. The number of benzene rings is 3. The first-order valence-corrected chi connectivity index (χ1v) is 12.5. The number of amides is 1. The number of aromatic nitrogens is 3. The molecule has 0 saturated carbocycles. The van der Waals surface area contributed by atoms with E-state index in [4.69, 9.17) is 11.6 Å². The summed E-state index contributed by atoms with van der Waals surface area (Å²) in [5, 5.41) is 12.2. The third-order valence-corrected chi connectivity index (χ3v) is 6.70. The van der Waals surface area contributed by atoms with E-state index in [0.717, 1.165) is 17.0 Å². The van der Waals surface area contributed by atoms with Gasteiger partial charge in [0.05, 0.1) is 17.3 Å². The maximum atomic E-state index is 13.4. The van der Waals surface area contributed by atoms with E-state index in [1.807, 2.05) is 34.9 Å². The molecule has 1 amide bonds. The molecule has 0 aliphatic carbocycles. The largest absolute Gasteiger partial charge is 0.325 e. The van der Waals surface area contributed by atoms with E-state index in [9.17, 15) is 9.18 Å². The van der Waals surface area contributed by atoms with Gasteiger partial charge in [0.15, 0.2) is 11.0 Å². The van der Waals surface area contributed by atoms with Crippen LogP contribution < -0.4 is 5.32 Å². The molecule has 0 bridgehead atoms. The second kappa shape index (κ2) is 10.6. The first-order chi connectivity index (χ1) is 16.7. The van der Waals surface area contributed by atoms with Crippen molar-refractivity contribution in [2.45, 2.75) is 37.9 Å². The molecule has 0 saturated heterocycles. The first kappa shape index (κ1) is 24.9. The number of anilines is 1. The van der Waals surface area contributed by atoms with Crippen LogP contribution in [-0.2, 0) is 16.8 Å². The lowest BCUT2D eigenvalue weighted by Gasteiger charge is -2.19. The lowest BCUT2D eigenvalue weighted by molar-refractivity contribution is -0.113. The average molecular weight is 509 g/mol. The molecule has 0 aliphatic rings. The van der Waals surface area contributed by atoms with Crippen molar-refractivity contribution in [3.8, 4) is 11.4 Å². The molecule has 0 fully saturated rings. The third kappa shape index (κ3) is 6.29. The smallest absolute Gasteiger partial charge is 0.234 e. The van der Waals surface area contributed by atoms with Crippen molar-refractivity contribution in [2.75, 3.05) is 11.1 Å². The minimum Gasteiger partial charge on any atom is -0.325 e. The van der Waals surface area contributed by atoms with Crippen LogP contribution in [0.4, 0.5) is 10.1 Å². The maximum Gasteiger partial charge on any atom is 0.234 e. The summed E-state index contributed by atoms with van der Waals surface area (Å²) in [4.78, 5) is 12.5. The summed E-state index contributed by atoms with van der Waals surface area (Å²) < 4.78 is 15.4. The summed E-state index contributed by atoms with van der Waals surface area (Å²) in [6.07, 6.45) is 0. The molecule has 4 rings (SSSR count). The van der Waals surface area contributed by atoms with Crippen molar-refractivity contribution < 1.29 is 9.18 Å². The maximum absolute atomic E-state index is 13.4. The molecule has 0 atom stereocenters. The second-order valence-electron chi connectivity index (χ2n) is 9.17. The van der Waals surface area contributed by atoms with Crippen molar-refractivity contribution in [2.24, 2.45) is 0 Å². The predicted octanol–water partition coefficient (Wildman–Crippen LogP) is 6.81. The minimum absolute atomic E-state index is 0.0415. The number of rotatable bonds is 7. The van der Waals surface area contributed by atoms with Gasteiger partial charge in [0, 0.05) is 11.3 Å². The van der Waals surface area contributed by atoms with Crippen molar-refractivity contribution in [3.05, 3.63) is 94.8 Å². The standard InChI is InChI=1S/C27H26ClFN4OS/c1-27(2,3)20-11-9-19(10-12-20)25-31-32-26(33(25)16-18-7-5-4-6-8-18)35-17-24(34)30-21-13-14-23(29)22(28)15-21/h4-15H,16-17H2,1-3H3,(H,30,34). The van der Waals surface area contributed by atoms with Gasteiger partial charge in [0.2, 0.25) is 5.91 Å². The number of hydrogen-bond acceptors (Lipinski definition) is 4. The Balaban J connectivity index is 1.56. The van der Waals surface area contributed by atoms with E-state index in [1.165, 1.54) is 35.5 Å². The second-order valence-corrected chi connectivity index (χ2v) is 10.5. The molecule has 5 nitrogen and oxygen atoms in total.